The van der Waals surface area contributed by atoms with E-state index in [9.17, 15) is 9.59 Å². The zero-order valence-corrected chi connectivity index (χ0v) is 17.5. The van der Waals surface area contributed by atoms with Crippen LogP contribution in [0, 0.1) is 6.92 Å². The van der Waals surface area contributed by atoms with E-state index in [1.165, 1.54) is 23.5 Å². The van der Waals surface area contributed by atoms with E-state index in [0.717, 1.165) is 23.4 Å². The van der Waals surface area contributed by atoms with Crippen LogP contribution in [0.25, 0.3) is 16.7 Å². The Morgan fingerprint density at radius 2 is 1.93 bits per heavy atom. The van der Waals surface area contributed by atoms with Gasteiger partial charge in [0.15, 0.2) is 10.8 Å². The number of carbonyl (C=O) groups is 1. The highest BCUT2D eigenvalue weighted by molar-refractivity contribution is 7.99. The topological polar surface area (TPSA) is 92.7 Å². The van der Waals surface area contributed by atoms with Crippen LogP contribution >= 0.6 is 11.8 Å². The number of H-pyrrole nitrogens is 1. The molecular weight excluding hydrogens is 398 g/mol. The van der Waals surface area contributed by atoms with Gasteiger partial charge in [0.05, 0.1) is 17.6 Å². The average Bonchev–Trinajstić information content (AvgIpc) is 3.17. The lowest BCUT2D eigenvalue weighted by Gasteiger charge is -2.08. The number of aromatic amines is 1. The van der Waals surface area contributed by atoms with Crippen molar-refractivity contribution in [2.75, 3.05) is 11.1 Å². The molecule has 8 heteroatoms. The second-order valence-electron chi connectivity index (χ2n) is 6.84. The van der Waals surface area contributed by atoms with Crippen molar-refractivity contribution in [3.63, 3.8) is 0 Å². The second-order valence-corrected chi connectivity index (χ2v) is 7.80. The van der Waals surface area contributed by atoms with Crippen molar-refractivity contribution in [1.82, 2.24) is 19.7 Å². The normalized spacial score (nSPS) is 11.0. The molecule has 152 valence electrons. The molecule has 0 atom stereocenters. The molecule has 0 saturated carbocycles. The van der Waals surface area contributed by atoms with Crippen molar-refractivity contribution in [3.8, 4) is 5.69 Å². The highest BCUT2D eigenvalue weighted by Crippen LogP contribution is 2.20. The third-order valence-corrected chi connectivity index (χ3v) is 5.62. The van der Waals surface area contributed by atoms with Crippen LogP contribution in [0.1, 0.15) is 18.1 Å². The minimum Gasteiger partial charge on any atom is -0.325 e. The molecule has 0 radical (unpaired) electrons. The zero-order valence-electron chi connectivity index (χ0n) is 16.7. The summed E-state index contributed by atoms with van der Waals surface area (Å²) in [6.07, 6.45) is 2.46. The molecule has 2 aromatic carbocycles. The Morgan fingerprint density at radius 1 is 1.17 bits per heavy atom. The zero-order chi connectivity index (χ0) is 21.1. The fourth-order valence-electron chi connectivity index (χ4n) is 3.10. The lowest BCUT2D eigenvalue weighted by Crippen LogP contribution is -2.15. The smallest absolute Gasteiger partial charge is 0.262 e. The minimum absolute atomic E-state index is 0.127. The van der Waals surface area contributed by atoms with Gasteiger partial charge in [-0.05, 0) is 42.7 Å². The summed E-state index contributed by atoms with van der Waals surface area (Å²) in [6, 6.07) is 15.5. The summed E-state index contributed by atoms with van der Waals surface area (Å²) >= 11 is 1.18. The number of carbonyl (C=O) groups excluding carboxylic acids is 1. The van der Waals surface area contributed by atoms with Crippen LogP contribution in [0.5, 0.6) is 0 Å². The summed E-state index contributed by atoms with van der Waals surface area (Å²) in [7, 11) is 0. The number of nitrogens with one attached hydrogen (secondary N) is 2. The van der Waals surface area contributed by atoms with Gasteiger partial charge in [-0.25, -0.2) is 9.67 Å². The van der Waals surface area contributed by atoms with Gasteiger partial charge in [0.25, 0.3) is 5.56 Å². The van der Waals surface area contributed by atoms with Gasteiger partial charge in [-0.1, -0.05) is 49.0 Å². The van der Waals surface area contributed by atoms with E-state index in [2.05, 4.69) is 27.3 Å². The first-order chi connectivity index (χ1) is 14.5. The highest BCUT2D eigenvalue weighted by Gasteiger charge is 2.14. The fraction of sp³-hybridized carbons (Fsp3) is 0.182. The largest absolute Gasteiger partial charge is 0.325 e. The van der Waals surface area contributed by atoms with Crippen LogP contribution in [-0.4, -0.2) is 31.4 Å². The number of hydrogen-bond acceptors (Lipinski definition) is 5. The second kappa shape index (κ2) is 8.54. The summed E-state index contributed by atoms with van der Waals surface area (Å²) in [4.78, 5) is 32.0. The monoisotopic (exact) mass is 419 g/mol. The quantitative estimate of drug-likeness (QED) is 0.367. The first-order valence-electron chi connectivity index (χ1n) is 9.61. The third-order valence-electron chi connectivity index (χ3n) is 4.75. The molecule has 7 nitrogen and oxygen atoms in total. The number of amides is 1. The van der Waals surface area contributed by atoms with Crippen LogP contribution in [0.4, 0.5) is 5.69 Å². The predicted molar refractivity (Wildman–Crippen MR) is 119 cm³/mol. The Balaban J connectivity index is 1.53. The maximum Gasteiger partial charge on any atom is 0.262 e. The molecule has 1 amide bonds. The van der Waals surface area contributed by atoms with Gasteiger partial charge in [0, 0.05) is 5.69 Å². The Hall–Kier alpha value is -3.39. The number of thioether (sulfide) groups is 1. The van der Waals surface area contributed by atoms with Crippen LogP contribution in [0.3, 0.4) is 0 Å². The Morgan fingerprint density at radius 3 is 2.67 bits per heavy atom. The molecule has 4 rings (SSSR count). The van der Waals surface area contributed by atoms with Crippen LogP contribution < -0.4 is 10.9 Å². The third kappa shape index (κ3) is 4.13. The number of hydrogen-bond donors (Lipinski definition) is 2. The van der Waals surface area contributed by atoms with Crippen LogP contribution in [0.15, 0.2) is 64.7 Å². The number of rotatable bonds is 6. The summed E-state index contributed by atoms with van der Waals surface area (Å²) in [5.41, 5.74) is 4.01. The SMILES string of the molecule is CCc1ccc(NC(=O)CSc2nc3c(cnn3-c3ccccc3C)c(=O)[nH]2)cc1. The van der Waals surface area contributed by atoms with E-state index in [-0.39, 0.29) is 17.2 Å². The highest BCUT2D eigenvalue weighted by atomic mass is 32.2. The lowest BCUT2D eigenvalue weighted by atomic mass is 10.1. The maximum absolute atomic E-state index is 12.5. The molecule has 0 spiro atoms. The molecule has 0 fully saturated rings. The van der Waals surface area contributed by atoms with Gasteiger partial charge in [0.1, 0.15) is 5.39 Å². The Bertz CT molecular complexity index is 1260. The van der Waals surface area contributed by atoms with Crippen molar-refractivity contribution in [1.29, 1.82) is 0 Å². The first-order valence-corrected chi connectivity index (χ1v) is 10.6. The van der Waals surface area contributed by atoms with Gasteiger partial charge in [0.2, 0.25) is 5.91 Å². The number of anilines is 1. The van der Waals surface area contributed by atoms with Crippen LogP contribution in [-0.2, 0) is 11.2 Å². The number of nitrogens with zero attached hydrogens (tertiary/aromatic N) is 3. The van der Waals surface area contributed by atoms with E-state index in [1.54, 1.807) is 4.68 Å². The van der Waals surface area contributed by atoms with Crippen molar-refractivity contribution in [2.45, 2.75) is 25.4 Å². The number of benzene rings is 2. The molecule has 0 saturated heterocycles. The van der Waals surface area contributed by atoms with Gasteiger partial charge in [-0.15, -0.1) is 0 Å². The van der Waals surface area contributed by atoms with Gasteiger partial charge in [-0.3, -0.25) is 9.59 Å². The van der Waals surface area contributed by atoms with E-state index < -0.39 is 0 Å². The molecule has 0 aliphatic rings. The number of aromatic nitrogens is 4. The van der Waals surface area contributed by atoms with Crippen molar-refractivity contribution >= 4 is 34.4 Å². The average molecular weight is 420 g/mol. The summed E-state index contributed by atoms with van der Waals surface area (Å²) in [5.74, 6) is -0.0398. The molecule has 0 unspecified atom stereocenters. The standard InChI is InChI=1S/C22H21N5O2S/c1-3-15-8-10-16(11-9-15)24-19(28)13-30-22-25-20-17(21(29)26-22)12-23-27(20)18-7-5-4-6-14(18)2/h4-12H,3,13H2,1-2H3,(H,24,28)(H,25,26,29). The predicted octanol–water partition coefficient (Wildman–Crippen LogP) is 3.71. The summed E-state index contributed by atoms with van der Waals surface area (Å²) in [6.45, 7) is 4.06. The number of fused-ring (bicyclic) bond motifs is 1. The van der Waals surface area contributed by atoms with E-state index in [0.29, 0.717) is 16.2 Å². The summed E-state index contributed by atoms with van der Waals surface area (Å²) < 4.78 is 1.65. The molecule has 0 bridgehead atoms. The van der Waals surface area contributed by atoms with Gasteiger partial charge < -0.3 is 10.3 Å². The van der Waals surface area contributed by atoms with E-state index >= 15 is 0 Å². The van der Waals surface area contributed by atoms with Gasteiger partial charge >= 0.3 is 0 Å². The molecule has 2 N–H and O–H groups in total. The minimum atomic E-state index is -0.280. The fourth-order valence-corrected chi connectivity index (χ4v) is 3.75. The van der Waals surface area contributed by atoms with Gasteiger partial charge in [-0.2, -0.15) is 5.10 Å². The Kier molecular flexibility index (Phi) is 5.67. The van der Waals surface area contributed by atoms with Crippen molar-refractivity contribution in [2.24, 2.45) is 0 Å². The van der Waals surface area contributed by atoms with Crippen LogP contribution in [0.2, 0.25) is 0 Å². The summed E-state index contributed by atoms with van der Waals surface area (Å²) in [5, 5.41) is 7.98. The lowest BCUT2D eigenvalue weighted by molar-refractivity contribution is -0.113. The number of aryl methyl sites for hydroxylation is 2. The number of para-hydroxylation sites is 1. The first kappa shape index (κ1) is 19.9. The molecule has 2 aromatic heterocycles. The molecule has 2 heterocycles. The maximum atomic E-state index is 12.5. The van der Waals surface area contributed by atoms with Crippen molar-refractivity contribution in [3.05, 3.63) is 76.2 Å². The van der Waals surface area contributed by atoms with E-state index in [4.69, 9.17) is 0 Å². The Labute approximate surface area is 177 Å². The molecular formula is C22H21N5O2S. The van der Waals surface area contributed by atoms with Crippen molar-refractivity contribution < 1.29 is 4.79 Å². The molecule has 0 aliphatic heterocycles. The van der Waals surface area contributed by atoms with E-state index in [1.807, 2.05) is 55.5 Å². The molecule has 4 aromatic rings. The molecule has 0 aliphatic carbocycles. The molecule has 30 heavy (non-hydrogen) atoms.